The second-order valence-electron chi connectivity index (χ2n) is 5.36. The predicted octanol–water partition coefficient (Wildman–Crippen LogP) is 4.33. The molecular weight excluding hydrogens is 298 g/mol. The molecular formula is C18H16ClNO2. The molecule has 112 valence electrons. The molecule has 0 spiro atoms. The molecule has 0 fully saturated rings. The molecule has 4 heteroatoms. The van der Waals surface area contributed by atoms with Gasteiger partial charge in [-0.15, -0.1) is 0 Å². The Kier molecular flexibility index (Phi) is 3.99. The first-order chi connectivity index (χ1) is 10.6. The van der Waals surface area contributed by atoms with Gasteiger partial charge in [-0.25, -0.2) is 0 Å². The summed E-state index contributed by atoms with van der Waals surface area (Å²) in [5, 5.41) is 3.73. The van der Waals surface area contributed by atoms with E-state index < -0.39 is 0 Å². The lowest BCUT2D eigenvalue weighted by molar-refractivity contribution is 0.0979. The first kappa shape index (κ1) is 14.8. The SMILES string of the molecule is CCCCNc1cccc2c1C(=O)c1ccc(Cl)cc1C2=O. The average Bonchev–Trinajstić information content (AvgIpc) is 2.52. The van der Waals surface area contributed by atoms with Gasteiger partial charge >= 0.3 is 0 Å². The van der Waals surface area contributed by atoms with Gasteiger partial charge in [-0.2, -0.15) is 0 Å². The van der Waals surface area contributed by atoms with Crippen molar-refractivity contribution < 1.29 is 9.59 Å². The molecule has 0 atom stereocenters. The molecule has 0 heterocycles. The van der Waals surface area contributed by atoms with E-state index in [1.165, 1.54) is 0 Å². The summed E-state index contributed by atoms with van der Waals surface area (Å²) in [5.74, 6) is -0.271. The van der Waals surface area contributed by atoms with Crippen LogP contribution in [0.15, 0.2) is 36.4 Å². The molecule has 0 bridgehead atoms. The Bertz CT molecular complexity index is 768. The molecule has 1 aliphatic rings. The van der Waals surface area contributed by atoms with E-state index in [-0.39, 0.29) is 11.6 Å². The summed E-state index contributed by atoms with van der Waals surface area (Å²) in [4.78, 5) is 25.4. The number of fused-ring (bicyclic) bond motifs is 2. The van der Waals surface area contributed by atoms with Gasteiger partial charge in [-0.05, 0) is 30.7 Å². The van der Waals surface area contributed by atoms with Crippen LogP contribution in [0, 0.1) is 0 Å². The Morgan fingerprint density at radius 2 is 1.82 bits per heavy atom. The van der Waals surface area contributed by atoms with Crippen molar-refractivity contribution in [2.75, 3.05) is 11.9 Å². The minimum Gasteiger partial charge on any atom is -0.384 e. The Labute approximate surface area is 134 Å². The molecule has 0 saturated carbocycles. The Morgan fingerprint density at radius 3 is 2.59 bits per heavy atom. The zero-order chi connectivity index (χ0) is 15.7. The van der Waals surface area contributed by atoms with Gasteiger partial charge in [0.25, 0.3) is 0 Å². The molecule has 0 aliphatic heterocycles. The fourth-order valence-corrected chi connectivity index (χ4v) is 2.89. The van der Waals surface area contributed by atoms with E-state index in [1.807, 2.05) is 6.07 Å². The predicted molar refractivity (Wildman–Crippen MR) is 88.2 cm³/mol. The third kappa shape index (κ3) is 2.42. The number of halogens is 1. The number of nitrogens with one attached hydrogen (secondary N) is 1. The van der Waals surface area contributed by atoms with E-state index in [9.17, 15) is 9.59 Å². The summed E-state index contributed by atoms with van der Waals surface area (Å²) in [6.45, 7) is 2.89. The molecule has 2 aromatic carbocycles. The van der Waals surface area contributed by atoms with Crippen molar-refractivity contribution in [1.82, 2.24) is 0 Å². The molecule has 0 saturated heterocycles. The largest absolute Gasteiger partial charge is 0.384 e. The fraction of sp³-hybridized carbons (Fsp3) is 0.222. The number of carbonyl (C=O) groups is 2. The third-order valence-corrected chi connectivity index (χ3v) is 4.09. The average molecular weight is 314 g/mol. The fourth-order valence-electron chi connectivity index (χ4n) is 2.72. The minimum atomic E-state index is -0.147. The third-order valence-electron chi connectivity index (χ3n) is 3.85. The number of carbonyl (C=O) groups excluding carboxylic acids is 2. The molecule has 0 radical (unpaired) electrons. The summed E-state index contributed by atoms with van der Waals surface area (Å²) in [6, 6.07) is 10.2. The normalized spacial score (nSPS) is 12.8. The molecule has 3 nitrogen and oxygen atoms in total. The van der Waals surface area contributed by atoms with Crippen LogP contribution in [0.25, 0.3) is 0 Å². The highest BCUT2D eigenvalue weighted by molar-refractivity contribution is 6.34. The number of hydrogen-bond acceptors (Lipinski definition) is 3. The van der Waals surface area contributed by atoms with Crippen molar-refractivity contribution in [1.29, 1.82) is 0 Å². The summed E-state index contributed by atoms with van der Waals surface area (Å²) >= 11 is 5.96. The maximum absolute atomic E-state index is 12.8. The number of benzene rings is 2. The van der Waals surface area contributed by atoms with Crippen molar-refractivity contribution in [3.05, 3.63) is 63.7 Å². The number of rotatable bonds is 4. The Morgan fingerprint density at radius 1 is 1.00 bits per heavy atom. The second-order valence-corrected chi connectivity index (χ2v) is 5.79. The van der Waals surface area contributed by atoms with Crippen LogP contribution in [0.4, 0.5) is 5.69 Å². The van der Waals surface area contributed by atoms with Crippen molar-refractivity contribution in [3.8, 4) is 0 Å². The van der Waals surface area contributed by atoms with Gasteiger partial charge in [0.2, 0.25) is 0 Å². The van der Waals surface area contributed by atoms with Gasteiger partial charge in [0.1, 0.15) is 0 Å². The first-order valence-electron chi connectivity index (χ1n) is 7.39. The van der Waals surface area contributed by atoms with Crippen LogP contribution in [0.2, 0.25) is 5.02 Å². The van der Waals surface area contributed by atoms with Crippen molar-refractivity contribution in [2.24, 2.45) is 0 Å². The van der Waals surface area contributed by atoms with E-state index in [2.05, 4.69) is 12.2 Å². The van der Waals surface area contributed by atoms with Crippen molar-refractivity contribution in [2.45, 2.75) is 19.8 Å². The summed E-state index contributed by atoms with van der Waals surface area (Å²) in [7, 11) is 0. The summed E-state index contributed by atoms with van der Waals surface area (Å²) in [5.41, 5.74) is 2.45. The molecule has 0 aromatic heterocycles. The molecule has 2 aromatic rings. The van der Waals surface area contributed by atoms with Gasteiger partial charge in [0.15, 0.2) is 11.6 Å². The van der Waals surface area contributed by atoms with E-state index in [0.717, 1.165) is 25.1 Å². The second kappa shape index (κ2) is 5.93. The first-order valence-corrected chi connectivity index (χ1v) is 7.77. The molecule has 0 amide bonds. The van der Waals surface area contributed by atoms with Gasteiger partial charge in [0, 0.05) is 33.9 Å². The van der Waals surface area contributed by atoms with Crippen LogP contribution in [0.5, 0.6) is 0 Å². The van der Waals surface area contributed by atoms with Gasteiger partial charge in [-0.3, -0.25) is 9.59 Å². The lowest BCUT2D eigenvalue weighted by Gasteiger charge is -2.21. The highest BCUT2D eigenvalue weighted by Gasteiger charge is 2.31. The van der Waals surface area contributed by atoms with E-state index >= 15 is 0 Å². The van der Waals surface area contributed by atoms with Crippen LogP contribution in [-0.4, -0.2) is 18.1 Å². The van der Waals surface area contributed by atoms with Gasteiger partial charge < -0.3 is 5.32 Å². The van der Waals surface area contributed by atoms with Crippen LogP contribution in [0.1, 0.15) is 51.6 Å². The van der Waals surface area contributed by atoms with Crippen LogP contribution >= 0.6 is 11.6 Å². The summed E-state index contributed by atoms with van der Waals surface area (Å²) in [6.07, 6.45) is 2.08. The van der Waals surface area contributed by atoms with Crippen LogP contribution < -0.4 is 5.32 Å². The zero-order valence-corrected chi connectivity index (χ0v) is 13.0. The number of hydrogen-bond donors (Lipinski definition) is 1. The van der Waals surface area contributed by atoms with Gasteiger partial charge in [-0.1, -0.05) is 37.1 Å². The Balaban J connectivity index is 2.09. The van der Waals surface area contributed by atoms with E-state index in [1.54, 1.807) is 30.3 Å². The zero-order valence-electron chi connectivity index (χ0n) is 12.3. The smallest absolute Gasteiger partial charge is 0.196 e. The number of unbranched alkanes of at least 4 members (excludes halogenated alkanes) is 1. The van der Waals surface area contributed by atoms with Crippen molar-refractivity contribution in [3.63, 3.8) is 0 Å². The number of ketones is 2. The standard InChI is InChI=1S/C18H16ClNO2/c1-2-3-9-20-15-6-4-5-13-16(15)18(22)12-8-7-11(19)10-14(12)17(13)21/h4-8,10,20H,2-3,9H2,1H3. The minimum absolute atomic E-state index is 0.124. The quantitative estimate of drug-likeness (QED) is 0.729. The number of anilines is 1. The maximum atomic E-state index is 12.8. The molecule has 22 heavy (non-hydrogen) atoms. The van der Waals surface area contributed by atoms with Crippen molar-refractivity contribution >= 4 is 28.9 Å². The van der Waals surface area contributed by atoms with Crippen LogP contribution in [-0.2, 0) is 0 Å². The molecule has 0 unspecified atom stereocenters. The summed E-state index contributed by atoms with van der Waals surface area (Å²) < 4.78 is 0. The van der Waals surface area contributed by atoms with E-state index in [4.69, 9.17) is 11.6 Å². The monoisotopic (exact) mass is 313 g/mol. The van der Waals surface area contributed by atoms with Gasteiger partial charge in [0.05, 0.1) is 5.56 Å². The lowest BCUT2D eigenvalue weighted by atomic mass is 9.83. The van der Waals surface area contributed by atoms with E-state index in [0.29, 0.717) is 27.3 Å². The Hall–Kier alpha value is -2.13. The highest BCUT2D eigenvalue weighted by atomic mass is 35.5. The lowest BCUT2D eigenvalue weighted by Crippen LogP contribution is -2.22. The highest BCUT2D eigenvalue weighted by Crippen LogP contribution is 2.33. The molecule has 3 rings (SSSR count). The molecule has 1 aliphatic carbocycles. The topological polar surface area (TPSA) is 46.2 Å². The molecule has 1 N–H and O–H groups in total. The maximum Gasteiger partial charge on any atom is 0.196 e. The van der Waals surface area contributed by atoms with Crippen LogP contribution in [0.3, 0.4) is 0 Å².